The lowest BCUT2D eigenvalue weighted by molar-refractivity contribution is 0.0730. The Kier molecular flexibility index (Phi) is 2.51. The molecule has 0 unspecified atom stereocenters. The highest BCUT2D eigenvalue weighted by Crippen LogP contribution is 2.03. The van der Waals surface area contributed by atoms with Crippen molar-refractivity contribution in [3.05, 3.63) is 11.1 Å². The first kappa shape index (κ1) is 8.58. The van der Waals surface area contributed by atoms with Gasteiger partial charge in [-0.1, -0.05) is 4.49 Å². The van der Waals surface area contributed by atoms with Crippen molar-refractivity contribution in [2.45, 2.75) is 0 Å². The van der Waals surface area contributed by atoms with Gasteiger partial charge in [-0.25, -0.2) is 0 Å². The van der Waals surface area contributed by atoms with Crippen LogP contribution in [0.25, 0.3) is 0 Å². The van der Waals surface area contributed by atoms with E-state index in [1.54, 1.807) is 10.3 Å². The zero-order valence-corrected chi connectivity index (χ0v) is 7.88. The molecule has 13 heavy (non-hydrogen) atoms. The van der Waals surface area contributed by atoms with Crippen molar-refractivity contribution in [3.8, 4) is 0 Å². The van der Waals surface area contributed by atoms with Gasteiger partial charge in [-0.05, 0) is 11.5 Å². The normalized spacial score (nSPS) is 17.4. The Hall–Kier alpha value is -1.01. The van der Waals surface area contributed by atoms with Crippen LogP contribution in [0.15, 0.2) is 5.38 Å². The van der Waals surface area contributed by atoms with Crippen molar-refractivity contribution in [2.75, 3.05) is 26.2 Å². The summed E-state index contributed by atoms with van der Waals surface area (Å²) in [5, 5.41) is 8.62. The third-order valence-corrected chi connectivity index (χ3v) is 2.49. The first-order valence-electron chi connectivity index (χ1n) is 4.15. The minimum Gasteiger partial charge on any atom is -0.335 e. The van der Waals surface area contributed by atoms with Crippen molar-refractivity contribution in [1.82, 2.24) is 19.8 Å². The second-order valence-electron chi connectivity index (χ2n) is 2.83. The van der Waals surface area contributed by atoms with Crippen LogP contribution in [-0.2, 0) is 0 Å². The SMILES string of the molecule is O=C(c1csnn1)N1CCNCC1. The van der Waals surface area contributed by atoms with Gasteiger partial charge in [0.25, 0.3) is 5.91 Å². The van der Waals surface area contributed by atoms with E-state index in [0.717, 1.165) is 26.2 Å². The van der Waals surface area contributed by atoms with Gasteiger partial charge in [0.1, 0.15) is 0 Å². The maximum atomic E-state index is 11.7. The van der Waals surface area contributed by atoms with Gasteiger partial charge in [-0.2, -0.15) is 0 Å². The van der Waals surface area contributed by atoms with E-state index in [2.05, 4.69) is 14.9 Å². The van der Waals surface area contributed by atoms with Gasteiger partial charge in [0.15, 0.2) is 5.69 Å². The number of carbonyl (C=O) groups is 1. The van der Waals surface area contributed by atoms with Crippen LogP contribution >= 0.6 is 11.5 Å². The predicted octanol–water partition coefficient (Wildman–Crippen LogP) is -0.417. The molecule has 0 atom stereocenters. The van der Waals surface area contributed by atoms with Gasteiger partial charge < -0.3 is 10.2 Å². The largest absolute Gasteiger partial charge is 0.335 e. The van der Waals surface area contributed by atoms with E-state index in [1.165, 1.54) is 11.5 Å². The fourth-order valence-electron chi connectivity index (χ4n) is 1.29. The maximum absolute atomic E-state index is 11.7. The summed E-state index contributed by atoms with van der Waals surface area (Å²) in [7, 11) is 0. The van der Waals surface area contributed by atoms with Crippen LogP contribution in [0.2, 0.25) is 0 Å². The molecule has 5 nitrogen and oxygen atoms in total. The molecule has 0 saturated carbocycles. The van der Waals surface area contributed by atoms with Gasteiger partial charge in [0.05, 0.1) is 0 Å². The van der Waals surface area contributed by atoms with Crippen LogP contribution in [0, 0.1) is 0 Å². The van der Waals surface area contributed by atoms with Crippen LogP contribution in [0.1, 0.15) is 10.5 Å². The van der Waals surface area contributed by atoms with Gasteiger partial charge in [-0.3, -0.25) is 4.79 Å². The Morgan fingerprint density at radius 3 is 2.92 bits per heavy atom. The Morgan fingerprint density at radius 2 is 2.31 bits per heavy atom. The summed E-state index contributed by atoms with van der Waals surface area (Å²) in [6, 6.07) is 0. The summed E-state index contributed by atoms with van der Waals surface area (Å²) in [4.78, 5) is 13.5. The van der Waals surface area contributed by atoms with Crippen LogP contribution in [-0.4, -0.2) is 46.6 Å². The average molecular weight is 198 g/mol. The Morgan fingerprint density at radius 1 is 1.54 bits per heavy atom. The molecular weight excluding hydrogens is 188 g/mol. The summed E-state index contributed by atoms with van der Waals surface area (Å²) in [5.74, 6) is -0.00440. The third-order valence-electron chi connectivity index (χ3n) is 1.98. The third kappa shape index (κ3) is 1.84. The zero-order chi connectivity index (χ0) is 9.10. The number of amides is 1. The minimum atomic E-state index is -0.00440. The van der Waals surface area contributed by atoms with Crippen LogP contribution < -0.4 is 5.32 Å². The average Bonchev–Trinajstić information content (AvgIpc) is 2.71. The number of nitrogens with zero attached hydrogens (tertiary/aromatic N) is 3. The van der Waals surface area contributed by atoms with E-state index >= 15 is 0 Å². The van der Waals surface area contributed by atoms with E-state index in [-0.39, 0.29) is 5.91 Å². The molecule has 0 aliphatic carbocycles. The molecule has 1 aliphatic rings. The van der Waals surface area contributed by atoms with Crippen molar-refractivity contribution in [3.63, 3.8) is 0 Å². The van der Waals surface area contributed by atoms with E-state index in [0.29, 0.717) is 5.69 Å². The van der Waals surface area contributed by atoms with Crippen molar-refractivity contribution in [2.24, 2.45) is 0 Å². The number of rotatable bonds is 1. The molecule has 70 valence electrons. The number of nitrogens with one attached hydrogen (secondary N) is 1. The molecule has 1 fully saturated rings. The first-order valence-corrected chi connectivity index (χ1v) is 4.98. The van der Waals surface area contributed by atoms with E-state index in [4.69, 9.17) is 0 Å². The van der Waals surface area contributed by atoms with Gasteiger partial charge >= 0.3 is 0 Å². The lowest BCUT2D eigenvalue weighted by Gasteiger charge is -2.26. The van der Waals surface area contributed by atoms with Crippen molar-refractivity contribution >= 4 is 17.4 Å². The quantitative estimate of drug-likeness (QED) is 0.666. The summed E-state index contributed by atoms with van der Waals surface area (Å²) in [5.41, 5.74) is 0.465. The summed E-state index contributed by atoms with van der Waals surface area (Å²) < 4.78 is 3.67. The van der Waals surface area contributed by atoms with Gasteiger partial charge in [0, 0.05) is 31.6 Å². The van der Waals surface area contributed by atoms with E-state index in [1.807, 2.05) is 0 Å². The maximum Gasteiger partial charge on any atom is 0.275 e. The van der Waals surface area contributed by atoms with Gasteiger partial charge in [-0.15, -0.1) is 5.10 Å². The molecule has 0 radical (unpaired) electrons. The van der Waals surface area contributed by atoms with Crippen LogP contribution in [0.5, 0.6) is 0 Å². The first-order chi connectivity index (χ1) is 6.38. The molecule has 1 aromatic heterocycles. The molecule has 1 aliphatic heterocycles. The molecule has 2 rings (SSSR count). The molecular formula is C7H10N4OS. The summed E-state index contributed by atoms with van der Waals surface area (Å²) >= 11 is 1.21. The smallest absolute Gasteiger partial charge is 0.275 e. The van der Waals surface area contributed by atoms with Crippen molar-refractivity contribution in [1.29, 1.82) is 0 Å². The molecule has 0 spiro atoms. The van der Waals surface area contributed by atoms with Crippen LogP contribution in [0.4, 0.5) is 0 Å². The molecule has 6 heteroatoms. The molecule has 1 aromatic rings. The number of carbonyl (C=O) groups excluding carboxylic acids is 1. The number of aromatic nitrogens is 2. The molecule has 2 heterocycles. The standard InChI is InChI=1S/C7H10N4OS/c12-7(6-5-13-10-9-6)11-3-1-8-2-4-11/h5,8H,1-4H2. The summed E-state index contributed by atoms with van der Waals surface area (Å²) in [6.07, 6.45) is 0. The Labute approximate surface area is 79.9 Å². The lowest BCUT2D eigenvalue weighted by Crippen LogP contribution is -2.46. The fraction of sp³-hybridized carbons (Fsp3) is 0.571. The van der Waals surface area contributed by atoms with Crippen molar-refractivity contribution < 1.29 is 4.79 Å². The molecule has 0 bridgehead atoms. The highest BCUT2D eigenvalue weighted by molar-refractivity contribution is 7.03. The Bertz CT molecular complexity index is 281. The Balaban J connectivity index is 2.04. The van der Waals surface area contributed by atoms with Crippen LogP contribution in [0.3, 0.4) is 0 Å². The summed E-state index contributed by atoms with van der Waals surface area (Å²) in [6.45, 7) is 3.25. The highest BCUT2D eigenvalue weighted by atomic mass is 32.1. The second kappa shape index (κ2) is 3.80. The second-order valence-corrected chi connectivity index (χ2v) is 3.44. The van der Waals surface area contributed by atoms with E-state index in [9.17, 15) is 4.79 Å². The minimum absolute atomic E-state index is 0.00440. The molecule has 1 amide bonds. The van der Waals surface area contributed by atoms with E-state index < -0.39 is 0 Å². The monoisotopic (exact) mass is 198 g/mol. The molecule has 0 aromatic carbocycles. The lowest BCUT2D eigenvalue weighted by atomic mass is 10.3. The fourth-order valence-corrected chi connectivity index (χ4v) is 1.72. The topological polar surface area (TPSA) is 58.1 Å². The highest BCUT2D eigenvalue weighted by Gasteiger charge is 2.19. The molecule has 1 N–H and O–H groups in total. The van der Waals surface area contributed by atoms with Gasteiger partial charge in [0.2, 0.25) is 0 Å². The zero-order valence-electron chi connectivity index (χ0n) is 7.06. The number of piperazine rings is 1. The number of hydrogen-bond acceptors (Lipinski definition) is 5. The number of hydrogen-bond donors (Lipinski definition) is 1. The molecule has 1 saturated heterocycles. The predicted molar refractivity (Wildman–Crippen MR) is 48.7 cm³/mol.